The fourth-order valence-electron chi connectivity index (χ4n) is 3.22. The van der Waals surface area contributed by atoms with Gasteiger partial charge in [0, 0.05) is 17.5 Å². The van der Waals surface area contributed by atoms with E-state index in [0.717, 1.165) is 5.56 Å². The Hall–Kier alpha value is -3.95. The first-order chi connectivity index (χ1) is 16.5. The molecule has 0 spiro atoms. The monoisotopic (exact) mass is 486 g/mol. The molecule has 2 aromatic rings. The molecule has 3 rings (SSSR count). The average molecular weight is 487 g/mol. The number of methoxy groups -OCH3 is 2. The summed E-state index contributed by atoms with van der Waals surface area (Å²) in [4.78, 5) is 37.9. The largest absolute Gasteiger partial charge is 0.493 e. The standard InChI is InChI=1S/C25H30N2O8/c1-14(15-7-8-18-21(9-15)35-13-34-18)26-22(28)12-33-23(29)16-10-19(31-5)20(32-6)11-17(16)27-24(30)25(2,3)4/h7-11,14H,12-13H2,1-6H3,(H,26,28)(H,27,30)/t14-/m1/s1. The Balaban J connectivity index is 1.69. The van der Waals surface area contributed by atoms with E-state index in [1.165, 1.54) is 26.4 Å². The second-order valence-corrected chi connectivity index (χ2v) is 8.93. The van der Waals surface area contributed by atoms with Gasteiger partial charge < -0.3 is 34.3 Å². The number of carbonyl (C=O) groups excluding carboxylic acids is 3. The maximum atomic E-state index is 12.9. The van der Waals surface area contributed by atoms with E-state index in [1.807, 2.05) is 6.07 Å². The third kappa shape index (κ3) is 6.14. The second-order valence-electron chi connectivity index (χ2n) is 8.93. The second kappa shape index (κ2) is 10.5. The Morgan fingerprint density at radius 3 is 2.31 bits per heavy atom. The van der Waals surface area contributed by atoms with Crippen LogP contribution in [0.5, 0.6) is 23.0 Å². The number of ether oxygens (including phenoxy) is 5. The molecule has 0 radical (unpaired) electrons. The molecule has 0 aliphatic carbocycles. The molecular formula is C25H30N2O8. The molecule has 188 valence electrons. The van der Waals surface area contributed by atoms with E-state index < -0.39 is 23.9 Å². The molecule has 2 N–H and O–H groups in total. The van der Waals surface area contributed by atoms with Crippen molar-refractivity contribution in [3.8, 4) is 23.0 Å². The number of nitrogens with one attached hydrogen (secondary N) is 2. The summed E-state index contributed by atoms with van der Waals surface area (Å²) in [6.07, 6.45) is 0. The molecule has 0 aromatic heterocycles. The Morgan fingerprint density at radius 2 is 1.66 bits per heavy atom. The van der Waals surface area contributed by atoms with Gasteiger partial charge >= 0.3 is 5.97 Å². The van der Waals surface area contributed by atoms with Crippen molar-refractivity contribution in [1.82, 2.24) is 5.32 Å². The summed E-state index contributed by atoms with van der Waals surface area (Å²) in [6.45, 7) is 6.66. The van der Waals surface area contributed by atoms with Crippen LogP contribution < -0.4 is 29.6 Å². The van der Waals surface area contributed by atoms with Crippen molar-refractivity contribution in [3.63, 3.8) is 0 Å². The summed E-state index contributed by atoms with van der Waals surface area (Å²) < 4.78 is 26.4. The van der Waals surface area contributed by atoms with E-state index in [1.54, 1.807) is 39.8 Å². The van der Waals surface area contributed by atoms with Crippen LogP contribution in [0.1, 0.15) is 49.7 Å². The fourth-order valence-corrected chi connectivity index (χ4v) is 3.22. The molecule has 1 heterocycles. The molecule has 0 saturated heterocycles. The van der Waals surface area contributed by atoms with Crippen molar-refractivity contribution < 1.29 is 38.1 Å². The third-order valence-corrected chi connectivity index (χ3v) is 5.28. The molecule has 0 bridgehead atoms. The molecule has 0 unspecified atom stereocenters. The predicted molar refractivity (Wildman–Crippen MR) is 127 cm³/mol. The van der Waals surface area contributed by atoms with Crippen molar-refractivity contribution in [3.05, 3.63) is 41.5 Å². The zero-order chi connectivity index (χ0) is 25.8. The fraction of sp³-hybridized carbons (Fsp3) is 0.400. The Labute approximate surface area is 203 Å². The Morgan fingerprint density at radius 1 is 1.00 bits per heavy atom. The third-order valence-electron chi connectivity index (χ3n) is 5.28. The molecule has 1 aliphatic rings. The van der Waals surface area contributed by atoms with Crippen LogP contribution >= 0.6 is 0 Å². The molecule has 0 fully saturated rings. The lowest BCUT2D eigenvalue weighted by molar-refractivity contribution is -0.125. The summed E-state index contributed by atoms with van der Waals surface area (Å²) in [7, 11) is 2.86. The summed E-state index contributed by atoms with van der Waals surface area (Å²) in [5.41, 5.74) is 0.304. The van der Waals surface area contributed by atoms with Gasteiger partial charge in [-0.15, -0.1) is 0 Å². The van der Waals surface area contributed by atoms with E-state index in [-0.39, 0.29) is 35.7 Å². The first-order valence-corrected chi connectivity index (χ1v) is 11.0. The van der Waals surface area contributed by atoms with Gasteiger partial charge in [-0.1, -0.05) is 26.8 Å². The Kier molecular flexibility index (Phi) is 7.73. The molecule has 10 nitrogen and oxygen atoms in total. The SMILES string of the molecule is COc1cc(NC(=O)C(C)(C)C)c(C(=O)OCC(=O)N[C@H](C)c2ccc3c(c2)OCO3)cc1OC. The lowest BCUT2D eigenvalue weighted by Gasteiger charge is -2.20. The summed E-state index contributed by atoms with van der Waals surface area (Å²) in [6, 6.07) is 7.88. The van der Waals surface area contributed by atoms with Crippen LogP contribution in [-0.2, 0) is 14.3 Å². The van der Waals surface area contributed by atoms with Gasteiger partial charge in [-0.3, -0.25) is 9.59 Å². The van der Waals surface area contributed by atoms with Crippen LogP contribution in [0.15, 0.2) is 30.3 Å². The number of anilines is 1. The molecule has 10 heteroatoms. The molecule has 1 aliphatic heterocycles. The molecule has 0 saturated carbocycles. The highest BCUT2D eigenvalue weighted by Gasteiger charge is 2.26. The van der Waals surface area contributed by atoms with Gasteiger partial charge in [0.25, 0.3) is 5.91 Å². The van der Waals surface area contributed by atoms with Crippen LogP contribution in [-0.4, -0.2) is 45.4 Å². The van der Waals surface area contributed by atoms with Gasteiger partial charge in [-0.25, -0.2) is 4.79 Å². The van der Waals surface area contributed by atoms with E-state index in [4.69, 9.17) is 23.7 Å². The molecule has 2 aromatic carbocycles. The van der Waals surface area contributed by atoms with E-state index in [9.17, 15) is 14.4 Å². The average Bonchev–Trinajstić information content (AvgIpc) is 3.29. The Bertz CT molecular complexity index is 1120. The van der Waals surface area contributed by atoms with Gasteiger partial charge in [-0.2, -0.15) is 0 Å². The predicted octanol–water partition coefficient (Wildman–Crippen LogP) is 3.45. The van der Waals surface area contributed by atoms with Crippen LogP contribution in [0.4, 0.5) is 5.69 Å². The van der Waals surface area contributed by atoms with E-state index in [0.29, 0.717) is 17.2 Å². The van der Waals surface area contributed by atoms with Gasteiger partial charge in [0.2, 0.25) is 12.7 Å². The van der Waals surface area contributed by atoms with Gasteiger partial charge in [0.05, 0.1) is 31.5 Å². The quantitative estimate of drug-likeness (QED) is 0.544. The summed E-state index contributed by atoms with van der Waals surface area (Å²) in [5.74, 6) is 0.232. The number of benzene rings is 2. The zero-order valence-corrected chi connectivity index (χ0v) is 20.6. The normalized spacial score (nSPS) is 13.0. The maximum absolute atomic E-state index is 12.9. The van der Waals surface area contributed by atoms with Gasteiger partial charge in [-0.05, 0) is 24.6 Å². The van der Waals surface area contributed by atoms with Crippen molar-refractivity contribution in [2.45, 2.75) is 33.7 Å². The van der Waals surface area contributed by atoms with Crippen LogP contribution in [0.3, 0.4) is 0 Å². The minimum absolute atomic E-state index is 0.0249. The molecule has 2 amide bonds. The lowest BCUT2D eigenvalue weighted by atomic mass is 9.95. The smallest absolute Gasteiger partial charge is 0.340 e. The zero-order valence-electron chi connectivity index (χ0n) is 20.6. The number of carbonyl (C=O) groups is 3. The number of rotatable bonds is 8. The molecule has 1 atom stereocenters. The number of fused-ring (bicyclic) bond motifs is 1. The lowest BCUT2D eigenvalue weighted by Crippen LogP contribution is -2.31. The number of hydrogen-bond acceptors (Lipinski definition) is 8. The summed E-state index contributed by atoms with van der Waals surface area (Å²) in [5, 5.41) is 5.50. The number of amides is 2. The first-order valence-electron chi connectivity index (χ1n) is 11.0. The van der Waals surface area contributed by atoms with Crippen LogP contribution in [0.25, 0.3) is 0 Å². The van der Waals surface area contributed by atoms with Gasteiger partial charge in [0.15, 0.2) is 29.6 Å². The van der Waals surface area contributed by atoms with Crippen molar-refractivity contribution in [2.75, 3.05) is 32.9 Å². The van der Waals surface area contributed by atoms with Crippen molar-refractivity contribution in [1.29, 1.82) is 0 Å². The van der Waals surface area contributed by atoms with Crippen LogP contribution in [0, 0.1) is 5.41 Å². The highest BCUT2D eigenvalue weighted by molar-refractivity contribution is 6.04. The minimum atomic E-state index is -0.805. The first kappa shape index (κ1) is 25.7. The number of hydrogen-bond donors (Lipinski definition) is 2. The highest BCUT2D eigenvalue weighted by atomic mass is 16.7. The van der Waals surface area contributed by atoms with Crippen molar-refractivity contribution in [2.24, 2.45) is 5.41 Å². The van der Waals surface area contributed by atoms with E-state index in [2.05, 4.69) is 10.6 Å². The van der Waals surface area contributed by atoms with Gasteiger partial charge in [0.1, 0.15) is 0 Å². The maximum Gasteiger partial charge on any atom is 0.340 e. The molecule has 35 heavy (non-hydrogen) atoms. The summed E-state index contributed by atoms with van der Waals surface area (Å²) >= 11 is 0. The van der Waals surface area contributed by atoms with E-state index >= 15 is 0 Å². The molecular weight excluding hydrogens is 456 g/mol. The number of esters is 1. The minimum Gasteiger partial charge on any atom is -0.493 e. The highest BCUT2D eigenvalue weighted by Crippen LogP contribution is 2.35. The van der Waals surface area contributed by atoms with Crippen molar-refractivity contribution >= 4 is 23.5 Å². The van der Waals surface area contributed by atoms with Crippen LogP contribution in [0.2, 0.25) is 0 Å². The topological polar surface area (TPSA) is 121 Å².